The molecular formula is C11H13ClN2. The average molecular weight is 209 g/mol. The van der Waals surface area contributed by atoms with E-state index in [2.05, 4.69) is 11.4 Å². The predicted octanol–water partition coefficient (Wildman–Crippen LogP) is 2.73. The second-order valence-electron chi connectivity index (χ2n) is 3.06. The van der Waals surface area contributed by atoms with Gasteiger partial charge >= 0.3 is 0 Å². The first-order chi connectivity index (χ1) is 6.77. The average Bonchev–Trinajstić information content (AvgIpc) is 2.22. The fraction of sp³-hybridized carbons (Fsp3) is 0.364. The minimum Gasteiger partial charge on any atom is -0.298 e. The maximum absolute atomic E-state index is 8.73. The van der Waals surface area contributed by atoms with Gasteiger partial charge in [0, 0.05) is 11.6 Å². The summed E-state index contributed by atoms with van der Waals surface area (Å²) in [6.07, 6.45) is 0.807. The van der Waals surface area contributed by atoms with Crippen LogP contribution in [0.5, 0.6) is 0 Å². The van der Waals surface area contributed by atoms with E-state index in [1.807, 2.05) is 31.2 Å². The van der Waals surface area contributed by atoms with Crippen LogP contribution in [-0.4, -0.2) is 6.04 Å². The lowest BCUT2D eigenvalue weighted by atomic mass is 10.2. The largest absolute Gasteiger partial charge is 0.298 e. The summed E-state index contributed by atoms with van der Waals surface area (Å²) in [5.74, 6) is 0. The van der Waals surface area contributed by atoms with Gasteiger partial charge in [-0.15, -0.1) is 0 Å². The molecule has 1 aromatic rings. The van der Waals surface area contributed by atoms with Gasteiger partial charge in [0.25, 0.3) is 0 Å². The Morgan fingerprint density at radius 3 is 2.79 bits per heavy atom. The van der Waals surface area contributed by atoms with Gasteiger partial charge in [-0.05, 0) is 18.1 Å². The summed E-state index contributed by atoms with van der Waals surface area (Å²) < 4.78 is 0. The number of nitrogens with one attached hydrogen (secondary N) is 1. The van der Waals surface area contributed by atoms with E-state index in [0.29, 0.717) is 6.54 Å². The Morgan fingerprint density at radius 1 is 1.50 bits per heavy atom. The Morgan fingerprint density at radius 2 is 2.21 bits per heavy atom. The van der Waals surface area contributed by atoms with E-state index in [4.69, 9.17) is 16.9 Å². The van der Waals surface area contributed by atoms with Crippen molar-refractivity contribution in [1.29, 1.82) is 5.26 Å². The second-order valence-corrected chi connectivity index (χ2v) is 3.47. The summed E-state index contributed by atoms with van der Waals surface area (Å²) in [4.78, 5) is 0. The lowest BCUT2D eigenvalue weighted by Crippen LogP contribution is -2.26. The fourth-order valence-electron chi connectivity index (χ4n) is 1.16. The molecule has 0 radical (unpaired) electrons. The molecule has 1 N–H and O–H groups in total. The summed E-state index contributed by atoms with van der Waals surface area (Å²) in [5, 5.41) is 12.6. The van der Waals surface area contributed by atoms with Gasteiger partial charge in [0.1, 0.15) is 0 Å². The van der Waals surface area contributed by atoms with Crippen LogP contribution in [0.2, 0.25) is 5.02 Å². The molecule has 0 fully saturated rings. The molecule has 1 atom stereocenters. The molecule has 0 aliphatic carbocycles. The number of halogens is 1. The summed E-state index contributed by atoms with van der Waals surface area (Å²) in [7, 11) is 0. The van der Waals surface area contributed by atoms with Gasteiger partial charge in [0.2, 0.25) is 0 Å². The number of rotatable bonds is 4. The minimum absolute atomic E-state index is 0.0914. The van der Waals surface area contributed by atoms with Crippen molar-refractivity contribution in [2.75, 3.05) is 0 Å². The molecular weight excluding hydrogens is 196 g/mol. The second kappa shape index (κ2) is 5.64. The van der Waals surface area contributed by atoms with Gasteiger partial charge in [-0.3, -0.25) is 5.32 Å². The standard InChI is InChI=1S/C11H13ClN2/c1-2-10(7-13)14-8-9-5-3-4-6-11(9)12/h3-6,10,14H,2,8H2,1H3. The highest BCUT2D eigenvalue weighted by Crippen LogP contribution is 2.14. The fourth-order valence-corrected chi connectivity index (χ4v) is 1.36. The lowest BCUT2D eigenvalue weighted by molar-refractivity contribution is 0.587. The Bertz CT molecular complexity index is 330. The van der Waals surface area contributed by atoms with Crippen LogP contribution >= 0.6 is 11.6 Å². The number of hydrogen-bond donors (Lipinski definition) is 1. The molecule has 0 saturated heterocycles. The van der Waals surface area contributed by atoms with Gasteiger partial charge in [0.05, 0.1) is 12.1 Å². The van der Waals surface area contributed by atoms with Gasteiger partial charge in [-0.25, -0.2) is 0 Å². The van der Waals surface area contributed by atoms with Gasteiger partial charge in [0.15, 0.2) is 0 Å². The predicted molar refractivity (Wildman–Crippen MR) is 58.0 cm³/mol. The Hall–Kier alpha value is -1.04. The summed E-state index contributed by atoms with van der Waals surface area (Å²) >= 11 is 5.97. The molecule has 1 aromatic carbocycles. The third-order valence-corrected chi connectivity index (χ3v) is 2.43. The van der Waals surface area contributed by atoms with Crippen LogP contribution in [0.3, 0.4) is 0 Å². The highest BCUT2D eigenvalue weighted by Gasteiger charge is 2.04. The molecule has 3 heteroatoms. The summed E-state index contributed by atoms with van der Waals surface area (Å²) in [5.41, 5.74) is 1.03. The van der Waals surface area contributed by atoms with Crippen molar-refractivity contribution in [2.24, 2.45) is 0 Å². The number of hydrogen-bond acceptors (Lipinski definition) is 2. The third-order valence-electron chi connectivity index (χ3n) is 2.06. The molecule has 1 unspecified atom stereocenters. The van der Waals surface area contributed by atoms with E-state index in [9.17, 15) is 0 Å². The topological polar surface area (TPSA) is 35.8 Å². The molecule has 0 saturated carbocycles. The van der Waals surface area contributed by atoms with Gasteiger partial charge in [-0.2, -0.15) is 5.26 Å². The van der Waals surface area contributed by atoms with Crippen LogP contribution in [0.4, 0.5) is 0 Å². The quantitative estimate of drug-likeness (QED) is 0.826. The Labute approximate surface area is 89.5 Å². The van der Waals surface area contributed by atoms with Crippen LogP contribution in [0.1, 0.15) is 18.9 Å². The zero-order chi connectivity index (χ0) is 10.4. The van der Waals surface area contributed by atoms with Crippen molar-refractivity contribution in [2.45, 2.75) is 25.9 Å². The number of nitriles is 1. The summed E-state index contributed by atoms with van der Waals surface area (Å²) in [6.45, 7) is 2.62. The minimum atomic E-state index is -0.0914. The first kappa shape index (κ1) is 11.0. The number of nitrogens with zero attached hydrogens (tertiary/aromatic N) is 1. The van der Waals surface area contributed by atoms with Crippen molar-refractivity contribution in [1.82, 2.24) is 5.32 Å². The molecule has 1 rings (SSSR count). The highest BCUT2D eigenvalue weighted by molar-refractivity contribution is 6.31. The summed E-state index contributed by atoms with van der Waals surface area (Å²) in [6, 6.07) is 9.74. The van der Waals surface area contributed by atoms with E-state index in [0.717, 1.165) is 17.0 Å². The maximum Gasteiger partial charge on any atom is 0.0952 e. The van der Waals surface area contributed by atoms with E-state index in [1.165, 1.54) is 0 Å². The van der Waals surface area contributed by atoms with E-state index < -0.39 is 0 Å². The zero-order valence-corrected chi connectivity index (χ0v) is 8.88. The molecule has 0 bridgehead atoms. The highest BCUT2D eigenvalue weighted by atomic mass is 35.5. The van der Waals surface area contributed by atoms with E-state index in [1.54, 1.807) is 0 Å². The van der Waals surface area contributed by atoms with E-state index >= 15 is 0 Å². The molecule has 0 aliphatic rings. The molecule has 2 nitrogen and oxygen atoms in total. The van der Waals surface area contributed by atoms with Crippen molar-refractivity contribution in [3.63, 3.8) is 0 Å². The number of benzene rings is 1. The van der Waals surface area contributed by atoms with Crippen molar-refractivity contribution < 1.29 is 0 Å². The van der Waals surface area contributed by atoms with Crippen LogP contribution in [-0.2, 0) is 6.54 Å². The van der Waals surface area contributed by atoms with E-state index in [-0.39, 0.29) is 6.04 Å². The van der Waals surface area contributed by atoms with Crippen LogP contribution in [0.25, 0.3) is 0 Å². The Kier molecular flexibility index (Phi) is 4.45. The van der Waals surface area contributed by atoms with Crippen LogP contribution in [0, 0.1) is 11.3 Å². The molecule has 74 valence electrons. The van der Waals surface area contributed by atoms with Crippen molar-refractivity contribution in [3.8, 4) is 6.07 Å². The zero-order valence-electron chi connectivity index (χ0n) is 8.13. The molecule has 0 aliphatic heterocycles. The monoisotopic (exact) mass is 208 g/mol. The molecule has 0 spiro atoms. The molecule has 0 heterocycles. The molecule has 14 heavy (non-hydrogen) atoms. The SMILES string of the molecule is CCC(C#N)NCc1ccccc1Cl. The normalized spacial score (nSPS) is 12.1. The lowest BCUT2D eigenvalue weighted by Gasteiger charge is -2.09. The van der Waals surface area contributed by atoms with Crippen molar-refractivity contribution >= 4 is 11.6 Å². The van der Waals surface area contributed by atoms with Crippen molar-refractivity contribution in [3.05, 3.63) is 34.9 Å². The third kappa shape index (κ3) is 3.02. The van der Waals surface area contributed by atoms with Crippen LogP contribution in [0.15, 0.2) is 24.3 Å². The van der Waals surface area contributed by atoms with Crippen LogP contribution < -0.4 is 5.32 Å². The van der Waals surface area contributed by atoms with Gasteiger partial charge < -0.3 is 0 Å². The Balaban J connectivity index is 2.54. The first-order valence-corrected chi connectivity index (χ1v) is 5.02. The van der Waals surface area contributed by atoms with Gasteiger partial charge in [-0.1, -0.05) is 36.7 Å². The first-order valence-electron chi connectivity index (χ1n) is 4.64. The smallest absolute Gasteiger partial charge is 0.0952 e. The molecule has 0 aromatic heterocycles. The maximum atomic E-state index is 8.73. The molecule has 0 amide bonds.